The highest BCUT2D eigenvalue weighted by Gasteiger charge is 1.92. The highest BCUT2D eigenvalue weighted by molar-refractivity contribution is 14.1. The standard InChI is InChI=1S/C10H12BrI.C6H4Br2/c11-10-6-4-9(5-7-10)3-1-2-8-12;7-5-1-2-6(8)4-3-5/h4-7H,1-3,8H2;1-4H. The number of unbranched alkanes of at least 4 members (excludes halogenated alkanes) is 1. The molecule has 0 aliphatic carbocycles. The van der Waals surface area contributed by atoms with E-state index in [0.29, 0.717) is 0 Å². The summed E-state index contributed by atoms with van der Waals surface area (Å²) in [6.45, 7) is 0. The molecule has 0 amide bonds. The first-order valence-corrected chi connectivity index (χ1v) is 10.2. The average molecular weight is 575 g/mol. The maximum Gasteiger partial charge on any atom is 0.0176 e. The SMILES string of the molecule is Brc1ccc(Br)cc1.Brc1ccc(CCCCI)cc1. The van der Waals surface area contributed by atoms with Crippen LogP contribution in [0.2, 0.25) is 0 Å². The molecular weight excluding hydrogens is 559 g/mol. The fraction of sp³-hybridized carbons (Fsp3) is 0.250. The lowest BCUT2D eigenvalue weighted by Gasteiger charge is -1.99. The van der Waals surface area contributed by atoms with E-state index < -0.39 is 0 Å². The van der Waals surface area contributed by atoms with Gasteiger partial charge in [-0.3, -0.25) is 0 Å². The molecule has 0 heterocycles. The van der Waals surface area contributed by atoms with Crippen molar-refractivity contribution in [1.29, 1.82) is 0 Å². The summed E-state index contributed by atoms with van der Waals surface area (Å²) < 4.78 is 4.66. The lowest BCUT2D eigenvalue weighted by Crippen LogP contribution is -1.85. The summed E-state index contributed by atoms with van der Waals surface area (Å²) in [6, 6.07) is 16.6. The van der Waals surface area contributed by atoms with Gasteiger partial charge >= 0.3 is 0 Å². The monoisotopic (exact) mass is 572 g/mol. The zero-order valence-corrected chi connectivity index (χ0v) is 17.9. The van der Waals surface area contributed by atoms with Crippen LogP contribution in [0.5, 0.6) is 0 Å². The zero-order chi connectivity index (χ0) is 14.8. The van der Waals surface area contributed by atoms with Gasteiger partial charge in [0, 0.05) is 13.4 Å². The molecule has 0 nitrogen and oxygen atoms in total. The van der Waals surface area contributed by atoms with Crippen molar-refractivity contribution in [2.45, 2.75) is 19.3 Å². The van der Waals surface area contributed by atoms with Crippen molar-refractivity contribution in [3.05, 3.63) is 67.5 Å². The van der Waals surface area contributed by atoms with Crippen LogP contribution in [0.25, 0.3) is 0 Å². The molecule has 108 valence electrons. The molecule has 20 heavy (non-hydrogen) atoms. The average Bonchev–Trinajstić information content (AvgIpc) is 2.45. The van der Waals surface area contributed by atoms with Crippen molar-refractivity contribution >= 4 is 70.4 Å². The predicted octanol–water partition coefficient (Wildman–Crippen LogP) is 7.42. The first-order chi connectivity index (χ1) is 9.61. The van der Waals surface area contributed by atoms with Gasteiger partial charge in [-0.1, -0.05) is 82.5 Å². The molecule has 0 fully saturated rings. The number of hydrogen-bond acceptors (Lipinski definition) is 0. The maximum absolute atomic E-state index is 3.43. The summed E-state index contributed by atoms with van der Waals surface area (Å²) in [5, 5.41) is 0. The van der Waals surface area contributed by atoms with Gasteiger partial charge in [0.2, 0.25) is 0 Å². The van der Waals surface area contributed by atoms with Crippen molar-refractivity contribution in [2.75, 3.05) is 4.43 Å². The van der Waals surface area contributed by atoms with E-state index >= 15 is 0 Å². The molecule has 0 aromatic heterocycles. The van der Waals surface area contributed by atoms with Gasteiger partial charge in [-0.25, -0.2) is 0 Å². The van der Waals surface area contributed by atoms with Crippen LogP contribution < -0.4 is 0 Å². The number of alkyl halides is 1. The van der Waals surface area contributed by atoms with Crippen molar-refractivity contribution in [1.82, 2.24) is 0 Å². The van der Waals surface area contributed by atoms with Gasteiger partial charge in [0.1, 0.15) is 0 Å². The van der Waals surface area contributed by atoms with Gasteiger partial charge in [-0.15, -0.1) is 0 Å². The fourth-order valence-corrected chi connectivity index (χ4v) is 2.84. The molecule has 2 aromatic carbocycles. The topological polar surface area (TPSA) is 0 Å². The van der Waals surface area contributed by atoms with E-state index in [1.165, 1.54) is 33.7 Å². The van der Waals surface area contributed by atoms with Crippen LogP contribution in [0, 0.1) is 0 Å². The summed E-state index contributed by atoms with van der Waals surface area (Å²) in [5.74, 6) is 0. The third-order valence-electron chi connectivity index (χ3n) is 2.57. The third kappa shape index (κ3) is 8.80. The molecule has 2 aromatic rings. The van der Waals surface area contributed by atoms with Gasteiger partial charge in [0.25, 0.3) is 0 Å². The molecular formula is C16H16Br3I. The summed E-state index contributed by atoms with van der Waals surface area (Å²) in [4.78, 5) is 0. The quantitative estimate of drug-likeness (QED) is 0.203. The number of rotatable bonds is 4. The Balaban J connectivity index is 0.000000217. The second kappa shape index (κ2) is 11.2. The van der Waals surface area contributed by atoms with Crippen LogP contribution >= 0.6 is 70.4 Å². The Morgan fingerprint density at radius 1 is 0.650 bits per heavy atom. The third-order valence-corrected chi connectivity index (χ3v) is 4.91. The van der Waals surface area contributed by atoms with Crippen LogP contribution in [-0.4, -0.2) is 4.43 Å². The van der Waals surface area contributed by atoms with Crippen molar-refractivity contribution in [2.24, 2.45) is 0 Å². The molecule has 0 saturated heterocycles. The minimum Gasteiger partial charge on any atom is -0.0864 e. The summed E-state index contributed by atoms with van der Waals surface area (Å²) in [6.07, 6.45) is 3.86. The number of aryl methyl sites for hydroxylation is 1. The summed E-state index contributed by atoms with van der Waals surface area (Å²) in [5.41, 5.74) is 1.45. The van der Waals surface area contributed by atoms with E-state index in [9.17, 15) is 0 Å². The first kappa shape index (κ1) is 18.7. The largest absolute Gasteiger partial charge is 0.0864 e. The Morgan fingerprint density at radius 3 is 1.45 bits per heavy atom. The molecule has 0 saturated carbocycles. The first-order valence-electron chi connectivity index (χ1n) is 6.33. The number of benzene rings is 2. The molecule has 0 atom stereocenters. The molecule has 0 bridgehead atoms. The van der Waals surface area contributed by atoms with Gasteiger partial charge in [0.15, 0.2) is 0 Å². The van der Waals surface area contributed by atoms with Crippen LogP contribution in [0.15, 0.2) is 61.9 Å². The number of hydrogen-bond donors (Lipinski definition) is 0. The molecule has 2 rings (SSSR count). The van der Waals surface area contributed by atoms with Crippen LogP contribution in [0.1, 0.15) is 18.4 Å². The molecule has 0 radical (unpaired) electrons. The highest BCUT2D eigenvalue weighted by atomic mass is 127. The Kier molecular flexibility index (Phi) is 10.5. The van der Waals surface area contributed by atoms with Crippen molar-refractivity contribution in [3.8, 4) is 0 Å². The molecule has 4 heteroatoms. The van der Waals surface area contributed by atoms with Gasteiger partial charge in [0.05, 0.1) is 0 Å². The summed E-state index contributed by atoms with van der Waals surface area (Å²) in [7, 11) is 0. The lowest BCUT2D eigenvalue weighted by molar-refractivity contribution is 0.809. The van der Waals surface area contributed by atoms with Crippen LogP contribution in [0.3, 0.4) is 0 Å². The Bertz CT molecular complexity index is 459. The van der Waals surface area contributed by atoms with Gasteiger partial charge in [-0.2, -0.15) is 0 Å². The zero-order valence-electron chi connectivity index (χ0n) is 11.0. The molecule has 0 aliphatic rings. The van der Waals surface area contributed by atoms with Gasteiger partial charge < -0.3 is 0 Å². The van der Waals surface area contributed by atoms with Crippen molar-refractivity contribution in [3.63, 3.8) is 0 Å². The molecule has 0 spiro atoms. The predicted molar refractivity (Wildman–Crippen MR) is 108 cm³/mol. The van der Waals surface area contributed by atoms with E-state index in [-0.39, 0.29) is 0 Å². The normalized spacial score (nSPS) is 9.80. The van der Waals surface area contributed by atoms with E-state index in [4.69, 9.17) is 0 Å². The van der Waals surface area contributed by atoms with E-state index in [1.54, 1.807) is 0 Å². The lowest BCUT2D eigenvalue weighted by atomic mass is 10.1. The minimum absolute atomic E-state index is 1.11. The van der Waals surface area contributed by atoms with E-state index in [1.807, 2.05) is 24.3 Å². The molecule has 0 N–H and O–H groups in total. The second-order valence-electron chi connectivity index (χ2n) is 4.21. The Morgan fingerprint density at radius 2 is 1.05 bits per heavy atom. The van der Waals surface area contributed by atoms with Crippen LogP contribution in [-0.2, 0) is 6.42 Å². The molecule has 0 unspecified atom stereocenters. The second-order valence-corrected chi connectivity index (χ2v) is 8.03. The number of halogens is 4. The summed E-state index contributed by atoms with van der Waals surface area (Å²) >= 11 is 12.5. The smallest absolute Gasteiger partial charge is 0.0176 e. The van der Waals surface area contributed by atoms with E-state index in [2.05, 4.69) is 94.6 Å². The highest BCUT2D eigenvalue weighted by Crippen LogP contribution is 2.14. The van der Waals surface area contributed by atoms with E-state index in [0.717, 1.165) is 8.95 Å². The fourth-order valence-electron chi connectivity index (χ4n) is 1.50. The van der Waals surface area contributed by atoms with Crippen molar-refractivity contribution < 1.29 is 0 Å². The van der Waals surface area contributed by atoms with Gasteiger partial charge in [-0.05, 0) is 65.7 Å². The maximum atomic E-state index is 3.43. The molecule has 0 aliphatic heterocycles. The minimum atomic E-state index is 1.11. The Labute approximate surface area is 160 Å². The Hall–Kier alpha value is 0.610. The van der Waals surface area contributed by atoms with Crippen LogP contribution in [0.4, 0.5) is 0 Å².